The molecule has 0 amide bonds. The Morgan fingerprint density at radius 2 is 1.94 bits per heavy atom. The van der Waals surface area contributed by atoms with E-state index in [1.54, 1.807) is 13.0 Å². The molecule has 0 radical (unpaired) electrons. The molecule has 0 fully saturated rings. The molecule has 0 aromatic heterocycles. The van der Waals surface area contributed by atoms with Gasteiger partial charge in [-0.25, -0.2) is 0 Å². The highest BCUT2D eigenvalue weighted by atomic mass is 16.5. The summed E-state index contributed by atoms with van der Waals surface area (Å²) in [4.78, 5) is 11.4. The van der Waals surface area contributed by atoms with Crippen LogP contribution in [0.5, 0.6) is 0 Å². The van der Waals surface area contributed by atoms with E-state index >= 15 is 0 Å². The van der Waals surface area contributed by atoms with Crippen molar-refractivity contribution in [1.82, 2.24) is 0 Å². The lowest BCUT2D eigenvalue weighted by Gasteiger charge is -2.32. The second kappa shape index (κ2) is 5.28. The molecule has 0 aromatic carbocycles. The first-order valence-corrected chi connectivity index (χ1v) is 5.15. The lowest BCUT2D eigenvalue weighted by molar-refractivity contribution is -0.156. The maximum absolute atomic E-state index is 11.4. The Morgan fingerprint density at radius 1 is 1.44 bits per heavy atom. The summed E-state index contributed by atoms with van der Waals surface area (Å²) >= 11 is 0. The fraction of sp³-hybridized carbons (Fsp3) is 0.818. The highest BCUT2D eigenvalue weighted by Gasteiger charge is 2.42. The van der Waals surface area contributed by atoms with Crippen LogP contribution >= 0.6 is 0 Å². The SMILES string of the molecule is CCOC(=O)C(C#N)C(C)(O)CC(C)(C)O. The van der Waals surface area contributed by atoms with Crippen molar-refractivity contribution in [2.24, 2.45) is 5.92 Å². The van der Waals surface area contributed by atoms with Crippen molar-refractivity contribution in [3.63, 3.8) is 0 Å². The maximum atomic E-state index is 11.4. The van der Waals surface area contributed by atoms with Crippen molar-refractivity contribution >= 4 is 5.97 Å². The van der Waals surface area contributed by atoms with Gasteiger partial charge in [-0.15, -0.1) is 0 Å². The zero-order valence-electron chi connectivity index (χ0n) is 10.1. The summed E-state index contributed by atoms with van der Waals surface area (Å²) in [6, 6.07) is 1.71. The number of carbonyl (C=O) groups is 1. The average molecular weight is 229 g/mol. The van der Waals surface area contributed by atoms with Gasteiger partial charge in [-0.05, 0) is 27.7 Å². The van der Waals surface area contributed by atoms with Crippen LogP contribution in [0.4, 0.5) is 0 Å². The highest BCUT2D eigenvalue weighted by molar-refractivity contribution is 5.76. The molecule has 0 bridgehead atoms. The van der Waals surface area contributed by atoms with Gasteiger partial charge in [0.25, 0.3) is 0 Å². The van der Waals surface area contributed by atoms with Gasteiger partial charge in [0.05, 0.1) is 23.9 Å². The van der Waals surface area contributed by atoms with Crippen molar-refractivity contribution in [2.75, 3.05) is 6.61 Å². The minimum Gasteiger partial charge on any atom is -0.465 e. The molecule has 0 heterocycles. The minimum atomic E-state index is -1.61. The molecule has 0 saturated heterocycles. The molecule has 2 N–H and O–H groups in total. The predicted molar refractivity (Wildman–Crippen MR) is 57.3 cm³/mol. The number of nitrogens with zero attached hydrogens (tertiary/aromatic N) is 1. The predicted octanol–water partition coefficient (Wildman–Crippen LogP) is 0.601. The summed E-state index contributed by atoms with van der Waals surface area (Å²) < 4.78 is 4.69. The van der Waals surface area contributed by atoms with E-state index in [0.29, 0.717) is 0 Å². The molecule has 0 spiro atoms. The zero-order chi connectivity index (χ0) is 13.0. The molecule has 0 aliphatic carbocycles. The number of ether oxygens (including phenoxy) is 1. The van der Waals surface area contributed by atoms with Crippen molar-refractivity contribution in [1.29, 1.82) is 5.26 Å². The van der Waals surface area contributed by atoms with Gasteiger partial charge in [0.15, 0.2) is 5.92 Å². The van der Waals surface area contributed by atoms with Gasteiger partial charge in [0.1, 0.15) is 0 Å². The fourth-order valence-electron chi connectivity index (χ4n) is 1.65. The van der Waals surface area contributed by atoms with Gasteiger partial charge in [0, 0.05) is 6.42 Å². The standard InChI is InChI=1S/C11H19NO4/c1-5-16-9(13)8(6-12)11(4,15)7-10(2,3)14/h8,14-15H,5,7H2,1-4H3. The number of carbonyl (C=O) groups excluding carboxylic acids is 1. The van der Waals surface area contributed by atoms with Crippen molar-refractivity contribution in [3.05, 3.63) is 0 Å². The number of aliphatic hydroxyl groups is 2. The molecule has 0 aromatic rings. The number of hydrogen-bond acceptors (Lipinski definition) is 5. The second-order valence-electron chi connectivity index (χ2n) is 4.66. The molecule has 0 aliphatic heterocycles. The number of esters is 1. The first kappa shape index (κ1) is 14.9. The molecule has 0 rings (SSSR count). The molecular weight excluding hydrogens is 210 g/mol. The molecule has 5 nitrogen and oxygen atoms in total. The average Bonchev–Trinajstić information content (AvgIpc) is 1.99. The molecule has 2 atom stereocenters. The lowest BCUT2D eigenvalue weighted by atomic mass is 9.81. The summed E-state index contributed by atoms with van der Waals surface area (Å²) in [7, 11) is 0. The highest BCUT2D eigenvalue weighted by Crippen LogP contribution is 2.28. The normalized spacial score (nSPS) is 17.1. The van der Waals surface area contributed by atoms with Crippen LogP contribution in [0.2, 0.25) is 0 Å². The molecule has 5 heteroatoms. The topological polar surface area (TPSA) is 90.6 Å². The van der Waals surface area contributed by atoms with Gasteiger partial charge in [0.2, 0.25) is 0 Å². The lowest BCUT2D eigenvalue weighted by Crippen LogP contribution is -2.45. The molecule has 2 unspecified atom stereocenters. The number of hydrogen-bond donors (Lipinski definition) is 2. The van der Waals surface area contributed by atoms with Crippen LogP contribution in [-0.4, -0.2) is 34.0 Å². The number of nitriles is 1. The van der Waals surface area contributed by atoms with Crippen LogP contribution in [0.15, 0.2) is 0 Å². The largest absolute Gasteiger partial charge is 0.465 e. The first-order chi connectivity index (χ1) is 7.14. The van der Waals surface area contributed by atoms with Gasteiger partial charge >= 0.3 is 5.97 Å². The number of rotatable bonds is 5. The quantitative estimate of drug-likeness (QED) is 0.674. The van der Waals surface area contributed by atoms with E-state index in [-0.39, 0.29) is 13.0 Å². The van der Waals surface area contributed by atoms with Crippen molar-refractivity contribution < 1.29 is 19.7 Å². The third-order valence-electron chi connectivity index (χ3n) is 2.06. The Morgan fingerprint density at radius 3 is 2.25 bits per heavy atom. The summed E-state index contributed by atoms with van der Waals surface area (Å²) in [5, 5.41) is 28.5. The van der Waals surface area contributed by atoms with Crippen LogP contribution in [0.25, 0.3) is 0 Å². The summed E-state index contributed by atoms with van der Waals surface area (Å²) in [6.07, 6.45) is -0.0863. The molecule has 0 saturated carbocycles. The Balaban J connectivity index is 4.82. The Hall–Kier alpha value is -1.12. The van der Waals surface area contributed by atoms with Gasteiger partial charge in [-0.1, -0.05) is 0 Å². The van der Waals surface area contributed by atoms with Crippen LogP contribution in [0.1, 0.15) is 34.1 Å². The van der Waals surface area contributed by atoms with E-state index in [1.165, 1.54) is 20.8 Å². The van der Waals surface area contributed by atoms with Crippen LogP contribution < -0.4 is 0 Å². The van der Waals surface area contributed by atoms with E-state index in [0.717, 1.165) is 0 Å². The molecular formula is C11H19NO4. The van der Waals surface area contributed by atoms with Crippen LogP contribution in [0, 0.1) is 17.2 Å². The van der Waals surface area contributed by atoms with Crippen LogP contribution in [0.3, 0.4) is 0 Å². The van der Waals surface area contributed by atoms with Gasteiger partial charge in [-0.3, -0.25) is 4.79 Å². The molecule has 16 heavy (non-hydrogen) atoms. The van der Waals surface area contributed by atoms with Crippen molar-refractivity contribution in [3.8, 4) is 6.07 Å². The second-order valence-corrected chi connectivity index (χ2v) is 4.66. The first-order valence-electron chi connectivity index (χ1n) is 5.15. The smallest absolute Gasteiger partial charge is 0.326 e. The van der Waals surface area contributed by atoms with E-state index in [2.05, 4.69) is 0 Å². The third kappa shape index (κ3) is 4.60. The Bertz CT molecular complexity index is 285. The third-order valence-corrected chi connectivity index (χ3v) is 2.06. The monoisotopic (exact) mass is 229 g/mol. The van der Waals surface area contributed by atoms with Crippen molar-refractivity contribution in [2.45, 2.75) is 45.3 Å². The van der Waals surface area contributed by atoms with E-state index in [9.17, 15) is 15.0 Å². The summed E-state index contributed by atoms with van der Waals surface area (Å²) in [5.74, 6) is -2.06. The Kier molecular flexibility index (Phi) is 4.91. The van der Waals surface area contributed by atoms with Crippen LogP contribution in [-0.2, 0) is 9.53 Å². The van der Waals surface area contributed by atoms with Gasteiger partial charge in [-0.2, -0.15) is 5.26 Å². The summed E-state index contributed by atoms with van der Waals surface area (Å²) in [6.45, 7) is 6.12. The fourth-order valence-corrected chi connectivity index (χ4v) is 1.65. The van der Waals surface area contributed by atoms with Gasteiger partial charge < -0.3 is 14.9 Å². The molecule has 92 valence electrons. The zero-order valence-corrected chi connectivity index (χ0v) is 10.1. The maximum Gasteiger partial charge on any atom is 0.326 e. The summed E-state index contributed by atoms with van der Waals surface area (Å²) in [5.41, 5.74) is -2.77. The molecule has 0 aliphatic rings. The van der Waals surface area contributed by atoms with E-state index < -0.39 is 23.1 Å². The van der Waals surface area contributed by atoms with E-state index in [4.69, 9.17) is 10.00 Å². The Labute approximate surface area is 95.6 Å². The van der Waals surface area contributed by atoms with E-state index in [1.807, 2.05) is 0 Å². The minimum absolute atomic E-state index is 0.0863.